The third-order valence-corrected chi connectivity index (χ3v) is 7.88. The Morgan fingerprint density at radius 1 is 1.35 bits per heavy atom. The van der Waals surface area contributed by atoms with E-state index >= 15 is 0 Å². The minimum atomic E-state index is -1.62. The van der Waals surface area contributed by atoms with Crippen molar-refractivity contribution < 1.29 is 9.53 Å². The Kier molecular flexibility index (Phi) is 6.98. The molecule has 0 aromatic heterocycles. The second-order valence-electron chi connectivity index (χ2n) is 5.93. The third kappa shape index (κ3) is 6.81. The number of rotatable bonds is 7. The quantitative estimate of drug-likeness (QED) is 0.553. The van der Waals surface area contributed by atoms with Crippen molar-refractivity contribution in [3.63, 3.8) is 0 Å². The summed E-state index contributed by atoms with van der Waals surface area (Å²) in [5.74, 6) is 0. The summed E-state index contributed by atoms with van der Waals surface area (Å²) >= 11 is 0. The van der Waals surface area contributed by atoms with Gasteiger partial charge in [-0.3, -0.25) is 0 Å². The summed E-state index contributed by atoms with van der Waals surface area (Å²) in [6.07, 6.45) is 5.50. The van der Waals surface area contributed by atoms with E-state index in [0.717, 1.165) is 18.6 Å². The lowest BCUT2D eigenvalue weighted by molar-refractivity contribution is 0.292. The molecule has 0 bridgehead atoms. The number of hydrogen-bond donors (Lipinski definition) is 1. The van der Waals surface area contributed by atoms with Gasteiger partial charge in [-0.15, -0.1) is 0 Å². The first-order valence-corrected chi connectivity index (χ1v) is 9.20. The summed E-state index contributed by atoms with van der Waals surface area (Å²) in [6.45, 7) is 16.2. The number of aliphatic hydroxyl groups excluding tert-OH is 1. The zero-order valence-electron chi connectivity index (χ0n) is 12.0. The molecule has 0 unspecified atom stereocenters. The summed E-state index contributed by atoms with van der Waals surface area (Å²) in [5.41, 5.74) is 1.07. The Bertz CT molecular complexity index is 262. The lowest BCUT2D eigenvalue weighted by Crippen LogP contribution is -2.40. The molecule has 1 N–H and O–H groups in total. The van der Waals surface area contributed by atoms with Crippen LogP contribution in [-0.2, 0) is 4.43 Å². The van der Waals surface area contributed by atoms with Crippen LogP contribution >= 0.6 is 0 Å². The third-order valence-electron chi connectivity index (χ3n) is 3.34. The van der Waals surface area contributed by atoms with Crippen LogP contribution in [0.1, 0.15) is 33.6 Å². The summed E-state index contributed by atoms with van der Waals surface area (Å²) in [6, 6.07) is 0. The van der Waals surface area contributed by atoms with Crippen LogP contribution in [0.4, 0.5) is 0 Å². The number of aliphatic hydroxyl groups is 1. The minimum absolute atomic E-state index is 0.199. The number of allylic oxidation sites excluding steroid dienone is 1. The molecule has 0 saturated heterocycles. The van der Waals surface area contributed by atoms with Gasteiger partial charge in [0.05, 0.1) is 0 Å². The molecule has 0 atom stereocenters. The molecule has 0 fully saturated rings. The Hall–Kier alpha value is -0.383. The summed E-state index contributed by atoms with van der Waals surface area (Å²) in [4.78, 5) is 0. The molecule has 0 spiro atoms. The Balaban J connectivity index is 3.96. The molecule has 0 radical (unpaired) electrons. The second kappa shape index (κ2) is 7.14. The van der Waals surface area contributed by atoms with Gasteiger partial charge in [-0.25, -0.2) is 0 Å². The van der Waals surface area contributed by atoms with Crippen molar-refractivity contribution in [2.45, 2.75) is 51.7 Å². The normalized spacial score (nSPS) is 13.3. The Labute approximate surface area is 108 Å². The molecule has 0 heterocycles. The van der Waals surface area contributed by atoms with Crippen molar-refractivity contribution in [1.29, 1.82) is 0 Å². The van der Waals surface area contributed by atoms with Crippen molar-refractivity contribution in [3.05, 3.63) is 24.3 Å². The van der Waals surface area contributed by atoms with Crippen LogP contribution in [0.5, 0.6) is 0 Å². The van der Waals surface area contributed by atoms with E-state index in [1.807, 2.05) is 12.2 Å². The fourth-order valence-electron chi connectivity index (χ4n) is 1.06. The van der Waals surface area contributed by atoms with E-state index in [9.17, 15) is 0 Å². The molecule has 0 rings (SSSR count). The first kappa shape index (κ1) is 16.6. The lowest BCUT2D eigenvalue weighted by Gasteiger charge is -2.36. The second-order valence-corrected chi connectivity index (χ2v) is 10.7. The van der Waals surface area contributed by atoms with Gasteiger partial charge in [-0.1, -0.05) is 45.1 Å². The highest BCUT2D eigenvalue weighted by Crippen LogP contribution is 2.36. The van der Waals surface area contributed by atoms with Gasteiger partial charge < -0.3 is 9.53 Å². The molecule has 3 heteroatoms. The molecule has 0 aliphatic carbocycles. The van der Waals surface area contributed by atoms with E-state index in [4.69, 9.17) is 9.53 Å². The van der Waals surface area contributed by atoms with Crippen molar-refractivity contribution in [2.24, 2.45) is 0 Å². The molecule has 0 aromatic carbocycles. The van der Waals surface area contributed by atoms with Crippen molar-refractivity contribution in [3.8, 4) is 0 Å². The fraction of sp³-hybridized carbons (Fsp3) is 0.714. The molecule has 0 aromatic rings. The average molecular weight is 256 g/mol. The monoisotopic (exact) mass is 256 g/mol. The van der Waals surface area contributed by atoms with Crippen LogP contribution in [0.15, 0.2) is 24.3 Å². The molecule has 0 amide bonds. The van der Waals surface area contributed by atoms with Crippen LogP contribution in [0.25, 0.3) is 0 Å². The maximum Gasteiger partial charge on any atom is 0.191 e. The van der Waals surface area contributed by atoms with Gasteiger partial charge >= 0.3 is 0 Å². The van der Waals surface area contributed by atoms with E-state index in [2.05, 4.69) is 40.4 Å². The predicted molar refractivity (Wildman–Crippen MR) is 77.7 cm³/mol. The zero-order chi connectivity index (χ0) is 13.5. The minimum Gasteiger partial charge on any atom is -0.416 e. The van der Waals surface area contributed by atoms with Crippen LogP contribution in [0, 0.1) is 0 Å². The fourth-order valence-corrected chi connectivity index (χ4v) is 2.11. The van der Waals surface area contributed by atoms with Gasteiger partial charge in [0, 0.05) is 13.2 Å². The van der Waals surface area contributed by atoms with Crippen molar-refractivity contribution in [1.82, 2.24) is 0 Å². The first-order valence-electron chi connectivity index (χ1n) is 6.30. The predicted octanol–water partition coefficient (Wildman–Crippen LogP) is 3.89. The highest BCUT2D eigenvalue weighted by molar-refractivity contribution is 6.74. The standard InChI is InChI=1S/C14H28O2Si/c1-13(9-7-8-11-15)10-12-16-17(5,6)14(2,3)4/h7,9,15H,1,8,10-12H2,2-6H3/b9-7+. The molecular formula is C14H28O2Si. The van der Waals surface area contributed by atoms with Gasteiger partial charge in [-0.05, 0) is 31.0 Å². The van der Waals surface area contributed by atoms with Gasteiger partial charge in [-0.2, -0.15) is 0 Å². The van der Waals surface area contributed by atoms with Crippen LogP contribution in [-0.4, -0.2) is 26.6 Å². The van der Waals surface area contributed by atoms with E-state index in [0.29, 0.717) is 6.42 Å². The van der Waals surface area contributed by atoms with E-state index in [1.54, 1.807) is 0 Å². The van der Waals surface area contributed by atoms with Gasteiger partial charge in [0.25, 0.3) is 0 Å². The van der Waals surface area contributed by atoms with Crippen LogP contribution in [0.3, 0.4) is 0 Å². The molecule has 100 valence electrons. The summed E-state index contributed by atoms with van der Waals surface area (Å²) < 4.78 is 6.07. The molecule has 2 nitrogen and oxygen atoms in total. The van der Waals surface area contributed by atoms with E-state index < -0.39 is 8.32 Å². The molecule has 0 aliphatic rings. The van der Waals surface area contributed by atoms with Gasteiger partial charge in [0.15, 0.2) is 8.32 Å². The van der Waals surface area contributed by atoms with Gasteiger partial charge in [0.2, 0.25) is 0 Å². The van der Waals surface area contributed by atoms with Crippen molar-refractivity contribution in [2.75, 3.05) is 13.2 Å². The summed E-state index contributed by atoms with van der Waals surface area (Å²) in [7, 11) is -1.62. The Morgan fingerprint density at radius 2 is 1.94 bits per heavy atom. The highest BCUT2D eigenvalue weighted by atomic mass is 28.4. The first-order chi connectivity index (χ1) is 7.70. The smallest absolute Gasteiger partial charge is 0.191 e. The highest BCUT2D eigenvalue weighted by Gasteiger charge is 2.36. The lowest BCUT2D eigenvalue weighted by atomic mass is 10.2. The molecule has 0 aliphatic heterocycles. The maximum atomic E-state index is 8.65. The SMILES string of the molecule is C=C(/C=C/CCO)CCO[Si](C)(C)C(C)(C)C. The van der Waals surface area contributed by atoms with E-state index in [-0.39, 0.29) is 11.6 Å². The number of hydrogen-bond acceptors (Lipinski definition) is 2. The molecule has 0 saturated carbocycles. The molecule has 17 heavy (non-hydrogen) atoms. The molecular weight excluding hydrogens is 228 g/mol. The average Bonchev–Trinajstić information content (AvgIpc) is 2.16. The Morgan fingerprint density at radius 3 is 2.41 bits per heavy atom. The largest absolute Gasteiger partial charge is 0.416 e. The van der Waals surface area contributed by atoms with Gasteiger partial charge in [0.1, 0.15) is 0 Å². The maximum absolute atomic E-state index is 8.65. The summed E-state index contributed by atoms with van der Waals surface area (Å²) in [5, 5.41) is 8.92. The van der Waals surface area contributed by atoms with Crippen molar-refractivity contribution >= 4 is 8.32 Å². The topological polar surface area (TPSA) is 29.5 Å². The zero-order valence-corrected chi connectivity index (χ0v) is 13.0. The van der Waals surface area contributed by atoms with E-state index in [1.165, 1.54) is 0 Å². The van der Waals surface area contributed by atoms with Crippen LogP contribution < -0.4 is 0 Å². The van der Waals surface area contributed by atoms with Crippen LogP contribution in [0.2, 0.25) is 18.1 Å².